The van der Waals surface area contributed by atoms with Crippen LogP contribution in [0, 0.1) is 11.3 Å². The average molecular weight is 565 g/mol. The standard InChI is InChI=1S/C32H41N2O2PS.CH4/c1-27(2)34(28(3)4)37(36-25-16-23-33)35-24-14-15-26-38-32(29-17-8-5-9-18-29,30-19-10-6-11-20-30)31-21-12-7-13-22-31;/h5-13,17-22,27-28H,14-16,24-26H2,1-4H3;1H4. The number of benzene rings is 3. The van der Waals surface area contributed by atoms with E-state index in [1.807, 2.05) is 11.8 Å². The summed E-state index contributed by atoms with van der Waals surface area (Å²) in [6, 6.07) is 35.3. The first-order valence-electron chi connectivity index (χ1n) is 13.5. The molecule has 39 heavy (non-hydrogen) atoms. The molecule has 4 nitrogen and oxygen atoms in total. The number of nitriles is 1. The summed E-state index contributed by atoms with van der Waals surface area (Å²) >= 11 is 1.99. The Morgan fingerprint density at radius 2 is 1.18 bits per heavy atom. The van der Waals surface area contributed by atoms with E-state index in [0.717, 1.165) is 18.6 Å². The number of unbranched alkanes of at least 4 members (excludes halogenated alkanes) is 1. The minimum atomic E-state index is -1.19. The van der Waals surface area contributed by atoms with Crippen LogP contribution in [0.25, 0.3) is 0 Å². The minimum Gasteiger partial charge on any atom is -0.322 e. The molecule has 1 unspecified atom stereocenters. The summed E-state index contributed by atoms with van der Waals surface area (Å²) < 4.78 is 14.3. The normalized spacial score (nSPS) is 12.4. The van der Waals surface area contributed by atoms with E-state index in [2.05, 4.69) is 129 Å². The van der Waals surface area contributed by atoms with E-state index in [0.29, 0.717) is 31.7 Å². The molecule has 0 fully saturated rings. The molecule has 3 aromatic carbocycles. The molecule has 0 saturated heterocycles. The van der Waals surface area contributed by atoms with Crippen molar-refractivity contribution in [3.8, 4) is 6.07 Å². The van der Waals surface area contributed by atoms with Gasteiger partial charge in [0.2, 0.25) is 0 Å². The van der Waals surface area contributed by atoms with Crippen molar-refractivity contribution >= 4 is 20.3 Å². The molecule has 6 heteroatoms. The molecule has 0 aliphatic heterocycles. The highest BCUT2D eigenvalue weighted by atomic mass is 32.2. The zero-order valence-corrected chi connectivity index (χ0v) is 24.8. The third-order valence-corrected chi connectivity index (χ3v) is 10.0. The Morgan fingerprint density at radius 3 is 1.59 bits per heavy atom. The van der Waals surface area contributed by atoms with Gasteiger partial charge in [-0.05, 0) is 63.0 Å². The highest BCUT2D eigenvalue weighted by Crippen LogP contribution is 2.49. The first kappa shape index (κ1) is 33.0. The first-order valence-corrected chi connectivity index (χ1v) is 15.6. The average Bonchev–Trinajstić information content (AvgIpc) is 2.94. The monoisotopic (exact) mass is 564 g/mol. The fourth-order valence-electron chi connectivity index (χ4n) is 4.65. The summed E-state index contributed by atoms with van der Waals surface area (Å²) in [6.07, 6.45) is 2.36. The van der Waals surface area contributed by atoms with E-state index >= 15 is 0 Å². The van der Waals surface area contributed by atoms with E-state index in [-0.39, 0.29) is 12.2 Å². The first-order chi connectivity index (χ1) is 18.5. The largest absolute Gasteiger partial charge is 0.322 e. The Labute approximate surface area is 242 Å². The van der Waals surface area contributed by atoms with Crippen molar-refractivity contribution in [1.29, 1.82) is 5.26 Å². The Bertz CT molecular complexity index is 986. The van der Waals surface area contributed by atoms with Crippen LogP contribution in [0.2, 0.25) is 0 Å². The predicted molar refractivity (Wildman–Crippen MR) is 169 cm³/mol. The van der Waals surface area contributed by atoms with Gasteiger partial charge in [-0.2, -0.15) is 5.26 Å². The smallest absolute Gasteiger partial charge is 0.259 e. The summed E-state index contributed by atoms with van der Waals surface area (Å²) in [4.78, 5) is 0. The summed E-state index contributed by atoms with van der Waals surface area (Å²) in [6.45, 7) is 9.71. The van der Waals surface area contributed by atoms with Gasteiger partial charge in [0.15, 0.2) is 0 Å². The molecule has 0 N–H and O–H groups in total. The van der Waals surface area contributed by atoms with E-state index < -0.39 is 8.53 Å². The molecule has 0 heterocycles. The molecule has 0 spiro atoms. The van der Waals surface area contributed by atoms with Gasteiger partial charge >= 0.3 is 0 Å². The molecule has 0 bridgehead atoms. The number of rotatable bonds is 16. The number of hydrogen-bond donors (Lipinski definition) is 0. The van der Waals surface area contributed by atoms with Gasteiger partial charge in [-0.3, -0.25) is 0 Å². The van der Waals surface area contributed by atoms with Gasteiger partial charge in [0.1, 0.15) is 0 Å². The quantitative estimate of drug-likeness (QED) is 0.0985. The Morgan fingerprint density at radius 1 is 0.744 bits per heavy atom. The van der Waals surface area contributed by atoms with Gasteiger partial charge < -0.3 is 9.05 Å². The van der Waals surface area contributed by atoms with Crippen LogP contribution in [-0.2, 0) is 13.8 Å². The summed E-state index contributed by atoms with van der Waals surface area (Å²) in [5.41, 5.74) is 3.87. The van der Waals surface area contributed by atoms with Crippen molar-refractivity contribution in [2.75, 3.05) is 19.0 Å². The van der Waals surface area contributed by atoms with Crippen molar-refractivity contribution in [1.82, 2.24) is 4.67 Å². The van der Waals surface area contributed by atoms with Crippen LogP contribution in [-0.4, -0.2) is 35.7 Å². The van der Waals surface area contributed by atoms with Crippen LogP contribution in [0.3, 0.4) is 0 Å². The molecule has 0 aromatic heterocycles. The van der Waals surface area contributed by atoms with E-state index in [1.54, 1.807) is 0 Å². The molecule has 0 aliphatic rings. The highest BCUT2D eigenvalue weighted by molar-refractivity contribution is 8.00. The molecule has 0 saturated carbocycles. The van der Waals surface area contributed by atoms with Gasteiger partial charge in [0.05, 0.1) is 30.5 Å². The highest BCUT2D eigenvalue weighted by Gasteiger charge is 2.36. The van der Waals surface area contributed by atoms with Crippen molar-refractivity contribution in [3.05, 3.63) is 108 Å². The Hall–Kier alpha value is -2.19. The number of nitrogens with zero attached hydrogens (tertiary/aromatic N) is 2. The summed E-state index contributed by atoms with van der Waals surface area (Å²) in [7, 11) is -1.19. The SMILES string of the molecule is C.CC(C)N(C(C)C)P(OCCC#N)OCCCCSC(c1ccccc1)(c1ccccc1)c1ccccc1. The minimum absolute atomic E-state index is 0. The maximum absolute atomic E-state index is 8.94. The van der Waals surface area contributed by atoms with Crippen LogP contribution < -0.4 is 0 Å². The van der Waals surface area contributed by atoms with Crippen molar-refractivity contribution < 1.29 is 9.05 Å². The van der Waals surface area contributed by atoms with Gasteiger partial charge in [-0.1, -0.05) is 98.4 Å². The second-order valence-corrected chi connectivity index (χ2v) is 12.5. The summed E-state index contributed by atoms with van der Waals surface area (Å²) in [5.74, 6) is 0.993. The van der Waals surface area contributed by atoms with Crippen molar-refractivity contribution in [2.45, 2.75) is 71.2 Å². The van der Waals surface area contributed by atoms with E-state index in [1.165, 1.54) is 16.7 Å². The third-order valence-electron chi connectivity index (χ3n) is 6.26. The van der Waals surface area contributed by atoms with Crippen molar-refractivity contribution in [3.63, 3.8) is 0 Å². The molecule has 0 aliphatic carbocycles. The lowest BCUT2D eigenvalue weighted by atomic mass is 9.84. The Balaban J connectivity index is 0.00000533. The van der Waals surface area contributed by atoms with Gasteiger partial charge in [-0.25, -0.2) is 4.67 Å². The van der Waals surface area contributed by atoms with Crippen LogP contribution in [0.4, 0.5) is 0 Å². The molecule has 0 amide bonds. The van der Waals surface area contributed by atoms with Crippen LogP contribution in [0.1, 0.15) is 71.1 Å². The van der Waals surface area contributed by atoms with Crippen LogP contribution >= 0.6 is 20.3 Å². The maximum Gasteiger partial charge on any atom is 0.259 e. The molecule has 3 aromatic rings. The van der Waals surface area contributed by atoms with Gasteiger partial charge in [0, 0.05) is 12.1 Å². The maximum atomic E-state index is 8.94. The topological polar surface area (TPSA) is 45.5 Å². The van der Waals surface area contributed by atoms with Gasteiger partial charge in [0.25, 0.3) is 8.53 Å². The number of hydrogen-bond acceptors (Lipinski definition) is 5. The Kier molecular flexibility index (Phi) is 14.8. The lowest BCUT2D eigenvalue weighted by molar-refractivity contribution is 0.175. The van der Waals surface area contributed by atoms with Crippen molar-refractivity contribution in [2.24, 2.45) is 0 Å². The summed E-state index contributed by atoms with van der Waals surface area (Å²) in [5, 5.41) is 8.94. The molecular formula is C33H45N2O2PS. The lowest BCUT2D eigenvalue weighted by Crippen LogP contribution is -2.33. The van der Waals surface area contributed by atoms with E-state index in [4.69, 9.17) is 14.3 Å². The molecule has 0 radical (unpaired) electrons. The number of thioether (sulfide) groups is 1. The molecule has 3 rings (SSSR count). The second-order valence-electron chi connectivity index (χ2n) is 9.71. The molecule has 210 valence electrons. The predicted octanol–water partition coefficient (Wildman–Crippen LogP) is 9.42. The van der Waals surface area contributed by atoms with E-state index in [9.17, 15) is 0 Å². The second kappa shape index (κ2) is 17.5. The third kappa shape index (κ3) is 9.17. The zero-order valence-electron chi connectivity index (χ0n) is 23.1. The molecular weight excluding hydrogens is 519 g/mol. The lowest BCUT2D eigenvalue weighted by Gasteiger charge is -2.36. The van der Waals surface area contributed by atoms with Crippen LogP contribution in [0.5, 0.6) is 0 Å². The van der Waals surface area contributed by atoms with Gasteiger partial charge in [-0.15, -0.1) is 11.8 Å². The fraction of sp³-hybridized carbons (Fsp3) is 0.424. The molecule has 1 atom stereocenters. The fourth-order valence-corrected chi connectivity index (χ4v) is 7.85. The zero-order chi connectivity index (χ0) is 27.2. The van der Waals surface area contributed by atoms with Crippen LogP contribution in [0.15, 0.2) is 91.0 Å².